The predicted molar refractivity (Wildman–Crippen MR) is 166 cm³/mol. The third-order valence-electron chi connectivity index (χ3n) is 6.75. The highest BCUT2D eigenvalue weighted by molar-refractivity contribution is 5.82. The molecule has 0 spiro atoms. The molecule has 5 rings (SSSR count). The Morgan fingerprint density at radius 1 is 0.615 bits per heavy atom. The summed E-state index contributed by atoms with van der Waals surface area (Å²) in [6.07, 6.45) is 11.5. The van der Waals surface area contributed by atoms with Crippen molar-refractivity contribution in [2.75, 3.05) is 7.05 Å². The van der Waals surface area contributed by atoms with Crippen LogP contribution < -0.4 is 0 Å². The third-order valence-corrected chi connectivity index (χ3v) is 6.75. The van der Waals surface area contributed by atoms with Crippen LogP contribution in [0.1, 0.15) is 18.1 Å². The Kier molecular flexibility index (Phi) is 7.99. The molecule has 0 saturated carbocycles. The first-order valence-corrected chi connectivity index (χ1v) is 13.1. The van der Waals surface area contributed by atoms with Crippen LogP contribution in [-0.4, -0.2) is 23.2 Å². The fourth-order valence-corrected chi connectivity index (χ4v) is 4.70. The molecule has 190 valence electrons. The standard InChI is InChI=1S/C36H31N3/c1-26(11-7-8-18-37-3)35-25-31(17-16-27(35)2)29-14-9-15-30(21-29)33-22-32(28-12-5-4-6-13-28)23-34(24-33)36-38-19-10-20-39-36/h4-25H,1-3H3/b8-7-,26-11+,37-18?. The maximum absolute atomic E-state index is 4.52. The summed E-state index contributed by atoms with van der Waals surface area (Å²) < 4.78 is 0. The van der Waals surface area contributed by atoms with Crippen LogP contribution in [0.4, 0.5) is 0 Å². The van der Waals surface area contributed by atoms with E-state index in [0.717, 1.165) is 33.6 Å². The van der Waals surface area contributed by atoms with Crippen molar-refractivity contribution in [1.29, 1.82) is 0 Å². The van der Waals surface area contributed by atoms with Gasteiger partial charge in [-0.25, -0.2) is 9.97 Å². The Balaban J connectivity index is 1.57. The first kappa shape index (κ1) is 25.7. The molecule has 3 heteroatoms. The summed E-state index contributed by atoms with van der Waals surface area (Å²) >= 11 is 0. The highest BCUT2D eigenvalue weighted by atomic mass is 14.8. The smallest absolute Gasteiger partial charge is 0.159 e. The van der Waals surface area contributed by atoms with Crippen LogP contribution in [-0.2, 0) is 0 Å². The van der Waals surface area contributed by atoms with E-state index in [2.05, 4.69) is 120 Å². The van der Waals surface area contributed by atoms with Crippen molar-refractivity contribution in [2.45, 2.75) is 13.8 Å². The molecule has 4 aromatic carbocycles. The Morgan fingerprint density at radius 3 is 1.97 bits per heavy atom. The van der Waals surface area contributed by atoms with Crippen LogP contribution in [0, 0.1) is 6.92 Å². The molecule has 0 atom stereocenters. The van der Waals surface area contributed by atoms with E-state index >= 15 is 0 Å². The minimum atomic E-state index is 0.720. The van der Waals surface area contributed by atoms with E-state index in [0.29, 0.717) is 0 Å². The molecule has 0 bridgehead atoms. The van der Waals surface area contributed by atoms with Gasteiger partial charge in [0.15, 0.2) is 5.82 Å². The number of aromatic nitrogens is 2. The van der Waals surface area contributed by atoms with Crippen LogP contribution in [0.15, 0.2) is 133 Å². The summed E-state index contributed by atoms with van der Waals surface area (Å²) in [5, 5.41) is 0. The number of aryl methyl sites for hydroxylation is 1. The van der Waals surface area contributed by atoms with Gasteiger partial charge in [0, 0.05) is 31.2 Å². The van der Waals surface area contributed by atoms with Gasteiger partial charge >= 0.3 is 0 Å². The van der Waals surface area contributed by atoms with E-state index < -0.39 is 0 Å². The monoisotopic (exact) mass is 505 g/mol. The summed E-state index contributed by atoms with van der Waals surface area (Å²) in [5.74, 6) is 0.720. The molecule has 0 N–H and O–H groups in total. The number of hydrogen-bond acceptors (Lipinski definition) is 3. The molecule has 3 nitrogen and oxygen atoms in total. The number of rotatable bonds is 7. The SMILES string of the molecule is CN=C/C=C\C=C(/C)c1cc(-c2cccc(-c3cc(-c4ccccc4)cc(-c4ncccn4)c3)c2)ccc1C. The van der Waals surface area contributed by atoms with Crippen LogP contribution in [0.2, 0.25) is 0 Å². The van der Waals surface area contributed by atoms with Crippen molar-refractivity contribution in [3.05, 3.63) is 139 Å². The normalized spacial score (nSPS) is 11.9. The van der Waals surface area contributed by atoms with Gasteiger partial charge in [-0.2, -0.15) is 0 Å². The summed E-state index contributed by atoms with van der Waals surface area (Å²) in [6.45, 7) is 4.31. The maximum Gasteiger partial charge on any atom is 0.159 e. The van der Waals surface area contributed by atoms with Gasteiger partial charge in [-0.1, -0.05) is 72.8 Å². The van der Waals surface area contributed by atoms with Crippen molar-refractivity contribution in [3.8, 4) is 44.8 Å². The number of allylic oxidation sites excluding steroid dienone is 4. The molecule has 0 aliphatic rings. The molecular weight excluding hydrogens is 474 g/mol. The molecule has 0 unspecified atom stereocenters. The second kappa shape index (κ2) is 12.1. The van der Waals surface area contributed by atoms with Gasteiger partial charge in [-0.05, 0) is 106 Å². The molecule has 0 aliphatic heterocycles. The highest BCUT2D eigenvalue weighted by Crippen LogP contribution is 2.34. The maximum atomic E-state index is 4.52. The minimum absolute atomic E-state index is 0.720. The Bertz CT molecular complexity index is 1610. The van der Waals surface area contributed by atoms with Crippen molar-refractivity contribution in [3.63, 3.8) is 0 Å². The van der Waals surface area contributed by atoms with Crippen LogP contribution in [0.5, 0.6) is 0 Å². The van der Waals surface area contributed by atoms with Crippen molar-refractivity contribution in [2.24, 2.45) is 4.99 Å². The lowest BCUT2D eigenvalue weighted by Gasteiger charge is -2.13. The van der Waals surface area contributed by atoms with Crippen LogP contribution in [0.3, 0.4) is 0 Å². The van der Waals surface area contributed by atoms with E-state index in [1.807, 2.05) is 24.3 Å². The second-order valence-corrected chi connectivity index (χ2v) is 9.49. The quantitative estimate of drug-likeness (QED) is 0.163. The Hall–Kier alpha value is -4.89. The third kappa shape index (κ3) is 6.16. The van der Waals surface area contributed by atoms with Crippen LogP contribution in [0.25, 0.3) is 50.3 Å². The lowest BCUT2D eigenvalue weighted by molar-refractivity contribution is 1.18. The number of aliphatic imine (C=N–C) groups is 1. The second-order valence-electron chi connectivity index (χ2n) is 9.49. The topological polar surface area (TPSA) is 38.1 Å². The molecule has 0 saturated heterocycles. The van der Waals surface area contributed by atoms with Crippen molar-refractivity contribution < 1.29 is 0 Å². The lowest BCUT2D eigenvalue weighted by atomic mass is 9.92. The fraction of sp³-hybridized carbons (Fsp3) is 0.0833. The first-order chi connectivity index (χ1) is 19.1. The van der Waals surface area contributed by atoms with E-state index in [4.69, 9.17) is 0 Å². The Morgan fingerprint density at radius 2 is 1.23 bits per heavy atom. The molecule has 0 amide bonds. The average molecular weight is 506 g/mol. The van der Waals surface area contributed by atoms with Gasteiger partial charge in [0.2, 0.25) is 0 Å². The van der Waals surface area contributed by atoms with Gasteiger partial charge < -0.3 is 0 Å². The molecule has 39 heavy (non-hydrogen) atoms. The number of hydrogen-bond donors (Lipinski definition) is 0. The molecule has 0 aliphatic carbocycles. The first-order valence-electron chi connectivity index (χ1n) is 13.1. The summed E-state index contributed by atoms with van der Waals surface area (Å²) in [5.41, 5.74) is 11.7. The molecular formula is C36H31N3. The largest absolute Gasteiger partial charge is 0.297 e. The number of nitrogens with zero attached hydrogens (tertiary/aromatic N) is 3. The van der Waals surface area contributed by atoms with Crippen molar-refractivity contribution >= 4 is 11.8 Å². The highest BCUT2D eigenvalue weighted by Gasteiger charge is 2.11. The van der Waals surface area contributed by atoms with E-state index in [9.17, 15) is 0 Å². The van der Waals surface area contributed by atoms with Gasteiger partial charge in [0.1, 0.15) is 0 Å². The van der Waals surface area contributed by atoms with Gasteiger partial charge in [0.05, 0.1) is 0 Å². The molecule has 1 aromatic heterocycles. The Labute approximate surface area is 231 Å². The molecule has 0 fully saturated rings. The van der Waals surface area contributed by atoms with E-state index in [1.54, 1.807) is 25.7 Å². The van der Waals surface area contributed by atoms with Crippen LogP contribution >= 0.6 is 0 Å². The molecule has 5 aromatic rings. The molecule has 0 radical (unpaired) electrons. The lowest BCUT2D eigenvalue weighted by Crippen LogP contribution is -1.91. The summed E-state index contributed by atoms with van der Waals surface area (Å²) in [6, 6.07) is 34.3. The van der Waals surface area contributed by atoms with Gasteiger partial charge in [-0.3, -0.25) is 4.99 Å². The van der Waals surface area contributed by atoms with Gasteiger partial charge in [0.25, 0.3) is 0 Å². The summed E-state index contributed by atoms with van der Waals surface area (Å²) in [4.78, 5) is 13.0. The van der Waals surface area contributed by atoms with E-state index in [1.165, 1.54) is 27.8 Å². The van der Waals surface area contributed by atoms with E-state index in [-0.39, 0.29) is 0 Å². The summed E-state index contributed by atoms with van der Waals surface area (Å²) in [7, 11) is 1.77. The average Bonchev–Trinajstić information content (AvgIpc) is 3.00. The zero-order chi connectivity index (χ0) is 27.0. The predicted octanol–water partition coefficient (Wildman–Crippen LogP) is 9.11. The fourth-order valence-electron chi connectivity index (χ4n) is 4.70. The minimum Gasteiger partial charge on any atom is -0.297 e. The van der Waals surface area contributed by atoms with Crippen molar-refractivity contribution in [1.82, 2.24) is 9.97 Å². The molecule has 1 heterocycles. The zero-order valence-corrected chi connectivity index (χ0v) is 22.5. The number of benzene rings is 4. The van der Waals surface area contributed by atoms with Gasteiger partial charge in [-0.15, -0.1) is 0 Å². The zero-order valence-electron chi connectivity index (χ0n) is 22.5.